The van der Waals surface area contributed by atoms with Crippen LogP contribution in [0.5, 0.6) is 0 Å². The maximum atomic E-state index is 12.2. The van der Waals surface area contributed by atoms with Gasteiger partial charge in [-0.25, -0.2) is 0 Å². The second kappa shape index (κ2) is 5.95. The number of hydrogen-bond donors (Lipinski definition) is 1. The molecule has 1 saturated carbocycles. The van der Waals surface area contributed by atoms with Gasteiger partial charge in [0.15, 0.2) is 0 Å². The SMILES string of the molecule is O=C(N[C@@H]1CCO[C@]2(CCN(C3CCC3)C2)C1)c1ccsc1. The Morgan fingerprint density at radius 1 is 1.41 bits per heavy atom. The van der Waals surface area contributed by atoms with Crippen molar-refractivity contribution in [3.63, 3.8) is 0 Å². The Balaban J connectivity index is 1.36. The van der Waals surface area contributed by atoms with Crippen LogP contribution in [0, 0.1) is 0 Å². The Kier molecular flexibility index (Phi) is 3.96. The van der Waals surface area contributed by atoms with E-state index in [1.54, 1.807) is 11.3 Å². The predicted molar refractivity (Wildman–Crippen MR) is 87.3 cm³/mol. The van der Waals surface area contributed by atoms with E-state index in [4.69, 9.17) is 4.74 Å². The summed E-state index contributed by atoms with van der Waals surface area (Å²) < 4.78 is 6.19. The lowest BCUT2D eigenvalue weighted by atomic mass is 9.88. The van der Waals surface area contributed by atoms with Crippen LogP contribution in [0.4, 0.5) is 0 Å². The quantitative estimate of drug-likeness (QED) is 0.931. The standard InChI is InChI=1S/C17H24N2O2S/c20-16(13-5-9-22-11-13)18-14-4-8-21-17(10-14)6-7-19(12-17)15-2-1-3-15/h5,9,11,14-15H,1-4,6-8,10,12H2,(H,18,20)/t14-,17-/m1/s1. The molecule has 1 amide bonds. The van der Waals surface area contributed by atoms with Crippen molar-refractivity contribution in [3.05, 3.63) is 22.4 Å². The van der Waals surface area contributed by atoms with Gasteiger partial charge in [0, 0.05) is 42.7 Å². The molecule has 1 spiro atoms. The fraction of sp³-hybridized carbons (Fsp3) is 0.706. The summed E-state index contributed by atoms with van der Waals surface area (Å²) in [6, 6.07) is 2.94. The summed E-state index contributed by atoms with van der Waals surface area (Å²) in [6.45, 7) is 2.99. The van der Waals surface area contributed by atoms with Crippen LogP contribution in [0.2, 0.25) is 0 Å². The van der Waals surface area contributed by atoms with E-state index in [-0.39, 0.29) is 17.6 Å². The Hall–Kier alpha value is -0.910. The summed E-state index contributed by atoms with van der Waals surface area (Å²) in [5.74, 6) is 0.0668. The zero-order chi connectivity index (χ0) is 15.0. The number of nitrogens with one attached hydrogen (secondary N) is 1. The molecule has 0 unspecified atom stereocenters. The number of carbonyl (C=O) groups excluding carboxylic acids is 1. The zero-order valence-corrected chi connectivity index (χ0v) is 13.7. The second-order valence-corrected chi connectivity index (χ2v) is 7.79. The minimum Gasteiger partial charge on any atom is -0.373 e. The normalized spacial score (nSPS) is 33.0. The molecule has 0 radical (unpaired) electrons. The van der Waals surface area contributed by atoms with Gasteiger partial charge in [-0.2, -0.15) is 11.3 Å². The van der Waals surface area contributed by atoms with Crippen LogP contribution in [0.15, 0.2) is 16.8 Å². The van der Waals surface area contributed by atoms with Gasteiger partial charge >= 0.3 is 0 Å². The number of rotatable bonds is 3. The first-order valence-corrected chi connectivity index (χ1v) is 9.39. The number of carbonyl (C=O) groups is 1. The van der Waals surface area contributed by atoms with Crippen LogP contribution in [-0.4, -0.2) is 48.2 Å². The van der Waals surface area contributed by atoms with Crippen molar-refractivity contribution in [2.24, 2.45) is 0 Å². The highest BCUT2D eigenvalue weighted by Gasteiger charge is 2.45. The van der Waals surface area contributed by atoms with Crippen LogP contribution in [0.1, 0.15) is 48.9 Å². The molecule has 0 aromatic carbocycles. The molecule has 1 aliphatic carbocycles. The molecule has 3 heterocycles. The zero-order valence-electron chi connectivity index (χ0n) is 12.9. The van der Waals surface area contributed by atoms with Gasteiger partial charge in [0.25, 0.3) is 5.91 Å². The van der Waals surface area contributed by atoms with E-state index < -0.39 is 0 Å². The molecule has 1 N–H and O–H groups in total. The van der Waals surface area contributed by atoms with Crippen LogP contribution >= 0.6 is 11.3 Å². The van der Waals surface area contributed by atoms with Crippen molar-refractivity contribution in [3.8, 4) is 0 Å². The first-order valence-electron chi connectivity index (χ1n) is 8.45. The van der Waals surface area contributed by atoms with Crippen LogP contribution < -0.4 is 5.32 Å². The molecule has 5 heteroatoms. The molecule has 0 bridgehead atoms. The molecule has 2 aliphatic heterocycles. The molecule has 4 rings (SSSR count). The maximum Gasteiger partial charge on any atom is 0.252 e. The maximum absolute atomic E-state index is 12.2. The number of thiophene rings is 1. The molecular formula is C17H24N2O2S. The Morgan fingerprint density at radius 3 is 3.05 bits per heavy atom. The van der Waals surface area contributed by atoms with Crippen molar-refractivity contribution >= 4 is 17.2 Å². The number of nitrogens with zero attached hydrogens (tertiary/aromatic N) is 1. The molecule has 1 aromatic rings. The van der Waals surface area contributed by atoms with E-state index in [0.29, 0.717) is 0 Å². The van der Waals surface area contributed by atoms with Gasteiger partial charge in [-0.3, -0.25) is 9.69 Å². The summed E-state index contributed by atoms with van der Waals surface area (Å²) in [5.41, 5.74) is 0.772. The Bertz CT molecular complexity index is 529. The van der Waals surface area contributed by atoms with E-state index in [2.05, 4.69) is 10.2 Å². The van der Waals surface area contributed by atoms with Gasteiger partial charge in [-0.15, -0.1) is 0 Å². The fourth-order valence-electron chi connectivity index (χ4n) is 4.04. The third-order valence-corrected chi connectivity index (χ3v) is 6.23. The largest absolute Gasteiger partial charge is 0.373 e. The summed E-state index contributed by atoms with van der Waals surface area (Å²) in [6.07, 6.45) is 7.11. The smallest absolute Gasteiger partial charge is 0.252 e. The molecular weight excluding hydrogens is 296 g/mol. The second-order valence-electron chi connectivity index (χ2n) is 7.01. The molecule has 1 aromatic heterocycles. The van der Waals surface area contributed by atoms with Gasteiger partial charge in [0.05, 0.1) is 5.60 Å². The monoisotopic (exact) mass is 320 g/mol. The highest BCUT2D eigenvalue weighted by molar-refractivity contribution is 7.08. The van der Waals surface area contributed by atoms with E-state index >= 15 is 0 Å². The topological polar surface area (TPSA) is 41.6 Å². The van der Waals surface area contributed by atoms with Crippen molar-refractivity contribution in [1.29, 1.82) is 0 Å². The molecule has 2 saturated heterocycles. The van der Waals surface area contributed by atoms with E-state index in [1.165, 1.54) is 19.3 Å². The fourth-order valence-corrected chi connectivity index (χ4v) is 4.67. The van der Waals surface area contributed by atoms with Crippen LogP contribution in [-0.2, 0) is 4.74 Å². The summed E-state index contributed by atoms with van der Waals surface area (Å²) in [4.78, 5) is 14.9. The summed E-state index contributed by atoms with van der Waals surface area (Å²) >= 11 is 1.57. The van der Waals surface area contributed by atoms with E-state index in [0.717, 1.165) is 50.6 Å². The number of hydrogen-bond acceptors (Lipinski definition) is 4. The Labute approximate surface area is 135 Å². The minimum absolute atomic E-state index is 0.0135. The average molecular weight is 320 g/mol. The molecule has 3 fully saturated rings. The number of ether oxygens (including phenoxy) is 1. The third-order valence-electron chi connectivity index (χ3n) is 5.55. The van der Waals surface area contributed by atoms with Gasteiger partial charge in [-0.1, -0.05) is 6.42 Å². The van der Waals surface area contributed by atoms with Gasteiger partial charge in [0.1, 0.15) is 0 Å². The van der Waals surface area contributed by atoms with Crippen molar-refractivity contribution < 1.29 is 9.53 Å². The highest BCUT2D eigenvalue weighted by atomic mass is 32.1. The molecule has 4 nitrogen and oxygen atoms in total. The first kappa shape index (κ1) is 14.7. The highest BCUT2D eigenvalue weighted by Crippen LogP contribution is 2.38. The molecule has 2 atom stereocenters. The van der Waals surface area contributed by atoms with Crippen molar-refractivity contribution in [2.75, 3.05) is 19.7 Å². The lowest BCUT2D eigenvalue weighted by Gasteiger charge is -2.40. The predicted octanol–water partition coefficient (Wildman–Crippen LogP) is 2.65. The number of amides is 1. The molecule has 3 aliphatic rings. The van der Waals surface area contributed by atoms with E-state index in [1.807, 2.05) is 16.8 Å². The van der Waals surface area contributed by atoms with Crippen LogP contribution in [0.3, 0.4) is 0 Å². The van der Waals surface area contributed by atoms with Crippen molar-refractivity contribution in [1.82, 2.24) is 10.2 Å². The van der Waals surface area contributed by atoms with Gasteiger partial charge < -0.3 is 10.1 Å². The first-order chi connectivity index (χ1) is 10.7. The average Bonchev–Trinajstić information content (AvgIpc) is 3.08. The summed E-state index contributed by atoms with van der Waals surface area (Å²) in [5, 5.41) is 7.08. The molecule has 120 valence electrons. The molecule has 22 heavy (non-hydrogen) atoms. The van der Waals surface area contributed by atoms with Gasteiger partial charge in [0.2, 0.25) is 0 Å². The Morgan fingerprint density at radius 2 is 2.32 bits per heavy atom. The lowest BCUT2D eigenvalue weighted by Crippen LogP contribution is -2.51. The van der Waals surface area contributed by atoms with Crippen LogP contribution in [0.25, 0.3) is 0 Å². The lowest BCUT2D eigenvalue weighted by molar-refractivity contribution is -0.0821. The number of likely N-dealkylation sites (tertiary alicyclic amines) is 1. The summed E-state index contributed by atoms with van der Waals surface area (Å²) in [7, 11) is 0. The van der Waals surface area contributed by atoms with Gasteiger partial charge in [-0.05, 0) is 43.6 Å². The van der Waals surface area contributed by atoms with Crippen molar-refractivity contribution in [2.45, 2.75) is 56.2 Å². The third kappa shape index (κ3) is 2.82. The van der Waals surface area contributed by atoms with E-state index in [9.17, 15) is 4.79 Å². The minimum atomic E-state index is -0.0135.